The molecule has 3 heteroatoms. The lowest BCUT2D eigenvalue weighted by Gasteiger charge is -2.16. The van der Waals surface area contributed by atoms with Crippen molar-refractivity contribution in [2.75, 3.05) is 11.9 Å². The fourth-order valence-electron chi connectivity index (χ4n) is 3.79. The summed E-state index contributed by atoms with van der Waals surface area (Å²) in [4.78, 5) is 3.63. The lowest BCUT2D eigenvalue weighted by molar-refractivity contribution is 0.134. The Morgan fingerprint density at radius 2 is 1.88 bits per heavy atom. The van der Waals surface area contributed by atoms with E-state index in [4.69, 9.17) is 4.74 Å². The summed E-state index contributed by atoms with van der Waals surface area (Å²) in [6, 6.07) is 17.9. The van der Waals surface area contributed by atoms with Crippen molar-refractivity contribution in [3.05, 3.63) is 54.1 Å². The van der Waals surface area contributed by atoms with Crippen LogP contribution in [0.1, 0.15) is 38.2 Å². The zero-order chi connectivity index (χ0) is 17.1. The van der Waals surface area contributed by atoms with E-state index in [1.807, 2.05) is 6.92 Å². The highest BCUT2D eigenvalue weighted by Crippen LogP contribution is 2.32. The maximum absolute atomic E-state index is 5.65. The average Bonchev–Trinajstić information content (AvgIpc) is 3.30. The highest BCUT2D eigenvalue weighted by atomic mass is 16.5. The number of H-pyrrole nitrogens is 1. The molecule has 1 aliphatic carbocycles. The van der Waals surface area contributed by atoms with Crippen molar-refractivity contribution in [1.82, 2.24) is 4.98 Å². The Hall–Kier alpha value is -2.26. The van der Waals surface area contributed by atoms with Crippen molar-refractivity contribution in [2.45, 2.75) is 45.3 Å². The number of benzene rings is 2. The van der Waals surface area contributed by atoms with Crippen LogP contribution in [0.4, 0.5) is 5.69 Å². The topological polar surface area (TPSA) is 37.0 Å². The molecule has 0 radical (unpaired) electrons. The van der Waals surface area contributed by atoms with Gasteiger partial charge in [0.2, 0.25) is 0 Å². The lowest BCUT2D eigenvalue weighted by Crippen LogP contribution is -2.15. The Morgan fingerprint density at radius 1 is 1.08 bits per heavy atom. The van der Waals surface area contributed by atoms with E-state index in [1.54, 1.807) is 0 Å². The normalized spacial score (nSPS) is 15.1. The molecule has 1 heterocycles. The van der Waals surface area contributed by atoms with Gasteiger partial charge < -0.3 is 15.0 Å². The minimum Gasteiger partial charge on any atom is -0.381 e. The van der Waals surface area contributed by atoms with Gasteiger partial charge in [0.25, 0.3) is 0 Å². The van der Waals surface area contributed by atoms with Gasteiger partial charge in [-0.2, -0.15) is 0 Å². The first-order valence-electron chi connectivity index (χ1n) is 9.39. The molecule has 1 fully saturated rings. The third kappa shape index (κ3) is 3.57. The zero-order valence-corrected chi connectivity index (χ0v) is 14.8. The first-order chi connectivity index (χ1) is 12.3. The van der Waals surface area contributed by atoms with Crippen LogP contribution in [0.2, 0.25) is 0 Å². The number of aromatic amines is 1. The summed E-state index contributed by atoms with van der Waals surface area (Å²) in [6.07, 6.45) is 5.20. The standard InChI is InChI=1S/C22H26N2O/c1-2-25-15-16-12-18-14-20(17-8-4-3-5-9-17)24-22(18)21(13-16)23-19-10-6-7-11-19/h3-5,8-9,12-14,19,23-24H,2,6-7,10-11,15H2,1H3. The maximum Gasteiger partial charge on any atom is 0.0717 e. The number of aromatic nitrogens is 1. The fraction of sp³-hybridized carbons (Fsp3) is 0.364. The Kier molecular flexibility index (Phi) is 4.75. The lowest BCUT2D eigenvalue weighted by atomic mass is 10.1. The van der Waals surface area contributed by atoms with E-state index in [2.05, 4.69) is 58.8 Å². The third-order valence-electron chi connectivity index (χ3n) is 5.06. The van der Waals surface area contributed by atoms with E-state index in [-0.39, 0.29) is 0 Å². The molecule has 4 rings (SSSR count). The summed E-state index contributed by atoms with van der Waals surface area (Å²) in [5.41, 5.74) is 6.02. The number of hydrogen-bond donors (Lipinski definition) is 2. The van der Waals surface area contributed by atoms with Crippen molar-refractivity contribution in [2.24, 2.45) is 0 Å². The van der Waals surface area contributed by atoms with Crippen LogP contribution in [0, 0.1) is 0 Å². The molecule has 0 amide bonds. The Bertz CT molecular complexity index is 832. The predicted molar refractivity (Wildman–Crippen MR) is 105 cm³/mol. The molecule has 130 valence electrons. The van der Waals surface area contributed by atoms with Crippen molar-refractivity contribution in [1.29, 1.82) is 0 Å². The van der Waals surface area contributed by atoms with Gasteiger partial charge in [-0.1, -0.05) is 43.2 Å². The summed E-state index contributed by atoms with van der Waals surface area (Å²) in [5, 5.41) is 5.03. The monoisotopic (exact) mass is 334 g/mol. The minimum atomic E-state index is 0.592. The van der Waals surface area contributed by atoms with Gasteiger partial charge in [0.15, 0.2) is 0 Å². The molecule has 1 aromatic heterocycles. The minimum absolute atomic E-state index is 0.592. The summed E-state index contributed by atoms with van der Waals surface area (Å²) in [7, 11) is 0. The summed E-state index contributed by atoms with van der Waals surface area (Å²) < 4.78 is 5.65. The second-order valence-corrected chi connectivity index (χ2v) is 6.92. The number of hydrogen-bond acceptors (Lipinski definition) is 2. The highest BCUT2D eigenvalue weighted by molar-refractivity contribution is 5.95. The first-order valence-corrected chi connectivity index (χ1v) is 9.39. The molecule has 25 heavy (non-hydrogen) atoms. The van der Waals surface area contributed by atoms with Gasteiger partial charge in [0, 0.05) is 23.7 Å². The SMILES string of the molecule is CCOCc1cc(NC2CCCC2)c2[nH]c(-c3ccccc3)cc2c1. The Morgan fingerprint density at radius 3 is 2.64 bits per heavy atom. The molecule has 0 saturated heterocycles. The summed E-state index contributed by atoms with van der Waals surface area (Å²) >= 11 is 0. The van der Waals surface area contributed by atoms with Gasteiger partial charge in [-0.05, 0) is 49.1 Å². The van der Waals surface area contributed by atoms with Crippen molar-refractivity contribution in [3.63, 3.8) is 0 Å². The molecule has 0 spiro atoms. The molecule has 3 aromatic rings. The third-order valence-corrected chi connectivity index (χ3v) is 5.06. The van der Waals surface area contributed by atoms with Crippen LogP contribution in [-0.2, 0) is 11.3 Å². The summed E-state index contributed by atoms with van der Waals surface area (Å²) in [5.74, 6) is 0. The molecular formula is C22H26N2O. The Balaban J connectivity index is 1.74. The van der Waals surface area contributed by atoms with Crippen LogP contribution in [0.25, 0.3) is 22.2 Å². The first kappa shape index (κ1) is 16.2. The van der Waals surface area contributed by atoms with Crippen LogP contribution in [-0.4, -0.2) is 17.6 Å². The van der Waals surface area contributed by atoms with Crippen molar-refractivity contribution >= 4 is 16.6 Å². The van der Waals surface area contributed by atoms with E-state index < -0.39 is 0 Å². The molecule has 0 atom stereocenters. The van der Waals surface area contributed by atoms with Crippen LogP contribution in [0.15, 0.2) is 48.5 Å². The number of nitrogens with one attached hydrogen (secondary N) is 2. The molecular weight excluding hydrogens is 308 g/mol. The van der Waals surface area contributed by atoms with E-state index in [1.165, 1.54) is 59.1 Å². The van der Waals surface area contributed by atoms with Gasteiger partial charge >= 0.3 is 0 Å². The number of fused-ring (bicyclic) bond motifs is 1. The number of rotatable bonds is 6. The van der Waals surface area contributed by atoms with Gasteiger partial charge in [0.05, 0.1) is 17.8 Å². The molecule has 1 aliphatic rings. The van der Waals surface area contributed by atoms with Crippen LogP contribution in [0.5, 0.6) is 0 Å². The van der Waals surface area contributed by atoms with Gasteiger partial charge in [-0.3, -0.25) is 0 Å². The average molecular weight is 334 g/mol. The molecule has 0 unspecified atom stereocenters. The van der Waals surface area contributed by atoms with E-state index in [0.29, 0.717) is 12.6 Å². The molecule has 2 N–H and O–H groups in total. The molecule has 1 saturated carbocycles. The van der Waals surface area contributed by atoms with E-state index >= 15 is 0 Å². The molecule has 0 bridgehead atoms. The Labute approximate surface area is 149 Å². The van der Waals surface area contributed by atoms with E-state index in [0.717, 1.165) is 6.61 Å². The molecule has 0 aliphatic heterocycles. The second-order valence-electron chi connectivity index (χ2n) is 6.92. The maximum atomic E-state index is 5.65. The number of anilines is 1. The second kappa shape index (κ2) is 7.32. The number of ether oxygens (including phenoxy) is 1. The molecule has 3 nitrogen and oxygen atoms in total. The van der Waals surface area contributed by atoms with Crippen LogP contribution in [0.3, 0.4) is 0 Å². The van der Waals surface area contributed by atoms with E-state index in [9.17, 15) is 0 Å². The smallest absolute Gasteiger partial charge is 0.0717 e. The van der Waals surface area contributed by atoms with Crippen LogP contribution < -0.4 is 5.32 Å². The summed E-state index contributed by atoms with van der Waals surface area (Å²) in [6.45, 7) is 3.45. The largest absolute Gasteiger partial charge is 0.381 e. The van der Waals surface area contributed by atoms with Crippen molar-refractivity contribution < 1.29 is 4.74 Å². The zero-order valence-electron chi connectivity index (χ0n) is 14.8. The quantitative estimate of drug-likeness (QED) is 0.604. The van der Waals surface area contributed by atoms with Gasteiger partial charge in [-0.15, -0.1) is 0 Å². The van der Waals surface area contributed by atoms with Gasteiger partial charge in [-0.25, -0.2) is 0 Å². The van der Waals surface area contributed by atoms with Crippen LogP contribution >= 0.6 is 0 Å². The van der Waals surface area contributed by atoms with Crippen molar-refractivity contribution in [3.8, 4) is 11.3 Å². The predicted octanol–water partition coefficient (Wildman–Crippen LogP) is 5.73. The fourth-order valence-corrected chi connectivity index (χ4v) is 3.79. The highest BCUT2D eigenvalue weighted by Gasteiger charge is 2.17. The van der Waals surface area contributed by atoms with Gasteiger partial charge in [0.1, 0.15) is 0 Å². The molecule has 2 aromatic carbocycles.